The van der Waals surface area contributed by atoms with Gasteiger partial charge in [-0.3, -0.25) is 0 Å². The van der Waals surface area contributed by atoms with Gasteiger partial charge < -0.3 is 20.5 Å². The Morgan fingerprint density at radius 2 is 1.86 bits per heavy atom. The van der Waals surface area contributed by atoms with Crippen LogP contribution in [0.3, 0.4) is 0 Å². The van der Waals surface area contributed by atoms with Crippen LogP contribution in [0.15, 0.2) is 59.7 Å². The Morgan fingerprint density at radius 3 is 2.59 bits per heavy atom. The quantitative estimate of drug-likeness (QED) is 0.451. The number of methoxy groups -OCH3 is 2. The minimum atomic E-state index is -0.270. The summed E-state index contributed by atoms with van der Waals surface area (Å²) in [7, 11) is 3.19. The van der Waals surface area contributed by atoms with Crippen molar-refractivity contribution in [2.24, 2.45) is 10.7 Å². The molecule has 0 spiro atoms. The Labute approximate surface area is 169 Å². The number of nitrogens with zero attached hydrogens (tertiary/aromatic N) is 3. The molecule has 3 N–H and O–H groups in total. The standard InChI is InChI=1S/C21H24FN5O2/c1-28-19-8-3-15(13-20(19)29-2)14-25-21(23)24-11-9-17-10-12-27(26-17)18-6-4-16(22)5-7-18/h3-8,10,12-13H,9,11,14H2,1-2H3,(H3,23,24,25). The number of nitrogens with one attached hydrogen (secondary N) is 1. The highest BCUT2D eigenvalue weighted by Gasteiger charge is 2.05. The summed E-state index contributed by atoms with van der Waals surface area (Å²) in [6.45, 7) is 1.03. The predicted octanol–water partition coefficient (Wildman–Crippen LogP) is 2.68. The molecule has 1 aromatic heterocycles. The fourth-order valence-electron chi connectivity index (χ4n) is 2.76. The van der Waals surface area contributed by atoms with Crippen LogP contribution in [0, 0.1) is 5.82 Å². The SMILES string of the molecule is COc1ccc(CN=C(N)NCCc2ccn(-c3ccc(F)cc3)n2)cc1OC. The van der Waals surface area contributed by atoms with Crippen LogP contribution in [0.1, 0.15) is 11.3 Å². The monoisotopic (exact) mass is 397 g/mol. The van der Waals surface area contributed by atoms with E-state index >= 15 is 0 Å². The van der Waals surface area contributed by atoms with Crippen LogP contribution in [0.4, 0.5) is 4.39 Å². The number of benzene rings is 2. The van der Waals surface area contributed by atoms with Crippen molar-refractivity contribution >= 4 is 5.96 Å². The van der Waals surface area contributed by atoms with Gasteiger partial charge in [-0.05, 0) is 48.0 Å². The first-order valence-electron chi connectivity index (χ1n) is 9.14. The number of aromatic nitrogens is 2. The van der Waals surface area contributed by atoms with Gasteiger partial charge >= 0.3 is 0 Å². The molecule has 8 heteroatoms. The summed E-state index contributed by atoms with van der Waals surface area (Å²) in [5.41, 5.74) is 8.61. The molecule has 152 valence electrons. The van der Waals surface area contributed by atoms with Crippen LogP contribution in [0.25, 0.3) is 5.69 Å². The van der Waals surface area contributed by atoms with Gasteiger partial charge in [-0.1, -0.05) is 6.07 Å². The van der Waals surface area contributed by atoms with Gasteiger partial charge in [0.1, 0.15) is 5.82 Å². The summed E-state index contributed by atoms with van der Waals surface area (Å²) >= 11 is 0. The van der Waals surface area contributed by atoms with Crippen molar-refractivity contribution in [2.45, 2.75) is 13.0 Å². The summed E-state index contributed by atoms with van der Waals surface area (Å²) < 4.78 is 25.2. The average Bonchev–Trinajstić information content (AvgIpc) is 3.21. The smallest absolute Gasteiger partial charge is 0.188 e. The van der Waals surface area contributed by atoms with Crippen molar-refractivity contribution in [2.75, 3.05) is 20.8 Å². The molecule has 7 nitrogen and oxygen atoms in total. The molecule has 1 heterocycles. The molecule has 3 aromatic rings. The van der Waals surface area contributed by atoms with Crippen molar-refractivity contribution in [3.05, 3.63) is 71.8 Å². The van der Waals surface area contributed by atoms with Crippen LogP contribution >= 0.6 is 0 Å². The molecule has 0 aliphatic rings. The van der Waals surface area contributed by atoms with Crippen molar-refractivity contribution in [1.29, 1.82) is 0 Å². The van der Waals surface area contributed by atoms with Crippen molar-refractivity contribution in [3.8, 4) is 17.2 Å². The fraction of sp³-hybridized carbons (Fsp3) is 0.238. The fourth-order valence-corrected chi connectivity index (χ4v) is 2.76. The van der Waals surface area contributed by atoms with E-state index in [9.17, 15) is 4.39 Å². The molecule has 0 unspecified atom stereocenters. The number of ether oxygens (including phenoxy) is 2. The number of guanidine groups is 1. The highest BCUT2D eigenvalue weighted by Crippen LogP contribution is 2.27. The molecule has 0 amide bonds. The maximum atomic E-state index is 13.0. The van der Waals surface area contributed by atoms with Gasteiger partial charge in [0.25, 0.3) is 0 Å². The number of halogens is 1. The molecule has 3 rings (SSSR count). The third kappa shape index (κ3) is 5.47. The molecular formula is C21H24FN5O2. The van der Waals surface area contributed by atoms with Gasteiger partial charge in [-0.15, -0.1) is 0 Å². The average molecular weight is 397 g/mol. The first kappa shape index (κ1) is 20.2. The molecule has 0 aliphatic carbocycles. The lowest BCUT2D eigenvalue weighted by Crippen LogP contribution is -2.33. The van der Waals surface area contributed by atoms with E-state index in [1.54, 1.807) is 31.0 Å². The maximum absolute atomic E-state index is 13.0. The molecule has 0 radical (unpaired) electrons. The van der Waals surface area contributed by atoms with Gasteiger partial charge in [0.15, 0.2) is 17.5 Å². The third-order valence-corrected chi connectivity index (χ3v) is 4.30. The summed E-state index contributed by atoms with van der Waals surface area (Å²) in [6, 6.07) is 13.7. The first-order chi connectivity index (χ1) is 14.1. The molecule has 0 atom stereocenters. The van der Waals surface area contributed by atoms with Crippen LogP contribution in [0.2, 0.25) is 0 Å². The zero-order valence-electron chi connectivity index (χ0n) is 16.4. The van der Waals surface area contributed by atoms with E-state index in [-0.39, 0.29) is 5.82 Å². The maximum Gasteiger partial charge on any atom is 0.188 e. The van der Waals surface area contributed by atoms with E-state index in [2.05, 4.69) is 15.4 Å². The predicted molar refractivity (Wildman–Crippen MR) is 110 cm³/mol. The van der Waals surface area contributed by atoms with E-state index in [0.29, 0.717) is 37.0 Å². The normalized spacial score (nSPS) is 11.3. The molecular weight excluding hydrogens is 373 g/mol. The zero-order valence-corrected chi connectivity index (χ0v) is 16.4. The number of hydrogen-bond acceptors (Lipinski definition) is 4. The zero-order chi connectivity index (χ0) is 20.6. The molecule has 0 bridgehead atoms. The third-order valence-electron chi connectivity index (χ3n) is 4.30. The number of hydrogen-bond donors (Lipinski definition) is 2. The molecule has 0 saturated carbocycles. The Morgan fingerprint density at radius 1 is 1.10 bits per heavy atom. The topological polar surface area (TPSA) is 86.7 Å². The Balaban J connectivity index is 1.49. The largest absolute Gasteiger partial charge is 0.493 e. The van der Waals surface area contributed by atoms with E-state index in [1.807, 2.05) is 30.5 Å². The van der Waals surface area contributed by atoms with Crippen LogP contribution in [-0.4, -0.2) is 36.5 Å². The minimum Gasteiger partial charge on any atom is -0.493 e. The van der Waals surface area contributed by atoms with Crippen molar-refractivity contribution < 1.29 is 13.9 Å². The van der Waals surface area contributed by atoms with Gasteiger partial charge in [-0.25, -0.2) is 14.1 Å². The Hall–Kier alpha value is -3.55. The van der Waals surface area contributed by atoms with Gasteiger partial charge in [0, 0.05) is 19.2 Å². The highest BCUT2D eigenvalue weighted by atomic mass is 19.1. The van der Waals surface area contributed by atoms with E-state index < -0.39 is 0 Å². The summed E-state index contributed by atoms with van der Waals surface area (Å²) in [5, 5.41) is 7.57. The molecule has 0 fully saturated rings. The van der Waals surface area contributed by atoms with Crippen LogP contribution in [-0.2, 0) is 13.0 Å². The number of aliphatic imine (C=N–C) groups is 1. The second-order valence-corrected chi connectivity index (χ2v) is 6.30. The number of nitrogens with two attached hydrogens (primary N) is 1. The lowest BCUT2D eigenvalue weighted by atomic mass is 10.2. The molecule has 0 aliphatic heterocycles. The van der Waals surface area contributed by atoms with Crippen molar-refractivity contribution in [3.63, 3.8) is 0 Å². The second-order valence-electron chi connectivity index (χ2n) is 6.30. The van der Waals surface area contributed by atoms with Crippen LogP contribution < -0.4 is 20.5 Å². The lowest BCUT2D eigenvalue weighted by molar-refractivity contribution is 0.354. The summed E-state index contributed by atoms with van der Waals surface area (Å²) in [6.07, 6.45) is 2.53. The summed E-state index contributed by atoms with van der Waals surface area (Å²) in [5.74, 6) is 1.42. The molecule has 29 heavy (non-hydrogen) atoms. The van der Waals surface area contributed by atoms with E-state index in [4.69, 9.17) is 15.2 Å². The first-order valence-corrected chi connectivity index (χ1v) is 9.14. The Kier molecular flexibility index (Phi) is 6.67. The molecule has 2 aromatic carbocycles. The number of rotatable bonds is 8. The van der Waals surface area contributed by atoms with Gasteiger partial charge in [0.05, 0.1) is 32.1 Å². The van der Waals surface area contributed by atoms with E-state index in [0.717, 1.165) is 16.9 Å². The Bertz CT molecular complexity index is 969. The molecule has 0 saturated heterocycles. The minimum absolute atomic E-state index is 0.270. The van der Waals surface area contributed by atoms with E-state index in [1.165, 1.54) is 12.1 Å². The second kappa shape index (κ2) is 9.59. The van der Waals surface area contributed by atoms with Crippen LogP contribution in [0.5, 0.6) is 11.5 Å². The highest BCUT2D eigenvalue weighted by molar-refractivity contribution is 5.77. The lowest BCUT2D eigenvalue weighted by Gasteiger charge is -2.09. The summed E-state index contributed by atoms with van der Waals surface area (Å²) in [4.78, 5) is 4.34. The van der Waals surface area contributed by atoms with Crippen molar-refractivity contribution in [1.82, 2.24) is 15.1 Å². The van der Waals surface area contributed by atoms with Gasteiger partial charge in [-0.2, -0.15) is 5.10 Å². The van der Waals surface area contributed by atoms with Gasteiger partial charge in [0.2, 0.25) is 0 Å².